The van der Waals surface area contributed by atoms with Crippen molar-refractivity contribution < 1.29 is 9.72 Å². The Labute approximate surface area is 142 Å². The highest BCUT2D eigenvalue weighted by Gasteiger charge is 2.20. The normalized spacial score (nSPS) is 16.9. The predicted molar refractivity (Wildman–Crippen MR) is 94.2 cm³/mol. The monoisotopic (exact) mass is 334 g/mol. The molecule has 0 saturated carbocycles. The van der Waals surface area contributed by atoms with Gasteiger partial charge in [-0.25, -0.2) is 0 Å². The molecule has 132 valence electrons. The van der Waals surface area contributed by atoms with E-state index in [1.54, 1.807) is 12.1 Å². The molecule has 7 heteroatoms. The van der Waals surface area contributed by atoms with Crippen LogP contribution >= 0.6 is 0 Å². The first kappa shape index (κ1) is 18.2. The Kier molecular flexibility index (Phi) is 6.14. The highest BCUT2D eigenvalue weighted by Crippen LogP contribution is 2.20. The molecule has 1 aliphatic rings. The smallest absolute Gasteiger partial charge is 0.269 e. The fraction of sp³-hybridized carbons (Fsp3) is 0.588. The van der Waals surface area contributed by atoms with Gasteiger partial charge in [-0.15, -0.1) is 0 Å². The molecule has 0 aliphatic carbocycles. The van der Waals surface area contributed by atoms with E-state index in [-0.39, 0.29) is 17.6 Å². The molecule has 1 aliphatic heterocycles. The number of anilines is 1. The van der Waals surface area contributed by atoms with E-state index in [1.807, 2.05) is 6.92 Å². The van der Waals surface area contributed by atoms with Gasteiger partial charge in [-0.05, 0) is 25.0 Å². The van der Waals surface area contributed by atoms with E-state index in [1.165, 1.54) is 12.1 Å². The highest BCUT2D eigenvalue weighted by atomic mass is 16.6. The number of hydrogen-bond donors (Lipinski definition) is 1. The number of amides is 1. The minimum absolute atomic E-state index is 0.0694. The minimum atomic E-state index is -0.390. The lowest BCUT2D eigenvalue weighted by molar-refractivity contribution is -0.384. The van der Waals surface area contributed by atoms with Gasteiger partial charge in [0.1, 0.15) is 0 Å². The molecule has 1 atom stereocenters. The molecule has 7 nitrogen and oxygen atoms in total. The van der Waals surface area contributed by atoms with Gasteiger partial charge in [0, 0.05) is 50.0 Å². The average Bonchev–Trinajstić information content (AvgIpc) is 2.55. The zero-order valence-electron chi connectivity index (χ0n) is 14.6. The third-order valence-electron chi connectivity index (χ3n) is 4.55. The fourth-order valence-corrected chi connectivity index (χ4v) is 2.62. The van der Waals surface area contributed by atoms with Crippen LogP contribution < -0.4 is 10.2 Å². The maximum absolute atomic E-state index is 12.0. The van der Waals surface area contributed by atoms with Crippen LogP contribution in [-0.2, 0) is 4.79 Å². The molecule has 1 N–H and O–H groups in total. The van der Waals surface area contributed by atoms with E-state index < -0.39 is 4.92 Å². The van der Waals surface area contributed by atoms with Gasteiger partial charge in [-0.2, -0.15) is 0 Å². The number of nitrogens with one attached hydrogen (secondary N) is 1. The number of nitrogens with zero attached hydrogens (tertiary/aromatic N) is 3. The van der Waals surface area contributed by atoms with Gasteiger partial charge in [-0.1, -0.05) is 13.8 Å². The topological polar surface area (TPSA) is 78.7 Å². The molecule has 0 bridgehead atoms. The number of hydrogen-bond acceptors (Lipinski definition) is 5. The van der Waals surface area contributed by atoms with Crippen LogP contribution in [0.2, 0.25) is 0 Å². The first-order chi connectivity index (χ1) is 11.4. The largest absolute Gasteiger partial charge is 0.369 e. The number of piperazine rings is 1. The third kappa shape index (κ3) is 4.92. The van der Waals surface area contributed by atoms with E-state index >= 15 is 0 Å². The van der Waals surface area contributed by atoms with Gasteiger partial charge < -0.3 is 10.2 Å². The summed E-state index contributed by atoms with van der Waals surface area (Å²) in [6, 6.07) is 6.81. The summed E-state index contributed by atoms with van der Waals surface area (Å²) in [5.74, 6) is 0.493. The molecule has 1 aromatic rings. The molecule has 1 fully saturated rings. The summed E-state index contributed by atoms with van der Waals surface area (Å²) in [4.78, 5) is 26.7. The maximum Gasteiger partial charge on any atom is 0.269 e. The zero-order chi connectivity index (χ0) is 17.7. The number of benzene rings is 1. The van der Waals surface area contributed by atoms with Crippen molar-refractivity contribution in [1.29, 1.82) is 0 Å². The second kappa shape index (κ2) is 8.10. The first-order valence-corrected chi connectivity index (χ1v) is 8.38. The number of carbonyl (C=O) groups excluding carboxylic acids is 1. The van der Waals surface area contributed by atoms with E-state index in [4.69, 9.17) is 0 Å². The van der Waals surface area contributed by atoms with Gasteiger partial charge >= 0.3 is 0 Å². The molecular weight excluding hydrogens is 308 g/mol. The summed E-state index contributed by atoms with van der Waals surface area (Å²) >= 11 is 0. The van der Waals surface area contributed by atoms with Crippen LogP contribution in [0.3, 0.4) is 0 Å². The van der Waals surface area contributed by atoms with E-state index in [0.29, 0.717) is 12.5 Å². The van der Waals surface area contributed by atoms with Crippen molar-refractivity contribution in [2.75, 3.05) is 37.6 Å². The van der Waals surface area contributed by atoms with Crippen molar-refractivity contribution in [2.45, 2.75) is 26.8 Å². The van der Waals surface area contributed by atoms with E-state index in [0.717, 1.165) is 31.9 Å². The fourth-order valence-electron chi connectivity index (χ4n) is 2.62. The van der Waals surface area contributed by atoms with Crippen molar-refractivity contribution in [3.8, 4) is 0 Å². The zero-order valence-corrected chi connectivity index (χ0v) is 14.6. The number of carbonyl (C=O) groups is 1. The van der Waals surface area contributed by atoms with Crippen LogP contribution in [0.5, 0.6) is 0 Å². The third-order valence-corrected chi connectivity index (χ3v) is 4.55. The average molecular weight is 334 g/mol. The Bertz CT molecular complexity index is 566. The van der Waals surface area contributed by atoms with E-state index in [2.05, 4.69) is 29.0 Å². The lowest BCUT2D eigenvalue weighted by Gasteiger charge is -2.36. The molecule has 2 rings (SSSR count). The quantitative estimate of drug-likeness (QED) is 0.635. The van der Waals surface area contributed by atoms with Crippen LogP contribution in [-0.4, -0.2) is 54.5 Å². The lowest BCUT2D eigenvalue weighted by Crippen LogP contribution is -2.50. The van der Waals surface area contributed by atoms with Crippen molar-refractivity contribution in [3.05, 3.63) is 34.4 Å². The second-order valence-electron chi connectivity index (χ2n) is 6.64. The van der Waals surface area contributed by atoms with E-state index in [9.17, 15) is 14.9 Å². The summed E-state index contributed by atoms with van der Waals surface area (Å²) in [7, 11) is 0. The van der Waals surface area contributed by atoms with Crippen LogP contribution in [0, 0.1) is 16.0 Å². The van der Waals surface area contributed by atoms with Gasteiger partial charge in [0.05, 0.1) is 11.5 Å². The first-order valence-electron chi connectivity index (χ1n) is 8.38. The van der Waals surface area contributed by atoms with Gasteiger partial charge in [0.2, 0.25) is 5.91 Å². The van der Waals surface area contributed by atoms with Crippen molar-refractivity contribution in [3.63, 3.8) is 0 Å². The number of nitro groups is 1. The van der Waals surface area contributed by atoms with Crippen molar-refractivity contribution >= 4 is 17.3 Å². The Hall–Kier alpha value is -2.15. The van der Waals surface area contributed by atoms with Crippen molar-refractivity contribution in [1.82, 2.24) is 10.2 Å². The second-order valence-corrected chi connectivity index (χ2v) is 6.64. The van der Waals surface area contributed by atoms with Crippen LogP contribution in [0.4, 0.5) is 11.4 Å². The molecule has 24 heavy (non-hydrogen) atoms. The SMILES string of the molecule is CC(C)[C@@H](C)NC(=O)CN1CCN(c2ccc([N+](=O)[O-])cc2)CC1. The van der Waals surface area contributed by atoms with Crippen LogP contribution in [0.1, 0.15) is 20.8 Å². The van der Waals surface area contributed by atoms with Gasteiger partial charge in [0.25, 0.3) is 5.69 Å². The Morgan fingerprint density at radius 1 is 1.17 bits per heavy atom. The molecule has 1 saturated heterocycles. The molecule has 0 unspecified atom stereocenters. The summed E-state index contributed by atoms with van der Waals surface area (Å²) < 4.78 is 0. The molecule has 0 spiro atoms. The highest BCUT2D eigenvalue weighted by molar-refractivity contribution is 5.78. The number of nitro benzene ring substituents is 1. The van der Waals surface area contributed by atoms with Crippen LogP contribution in [0.25, 0.3) is 0 Å². The lowest BCUT2D eigenvalue weighted by atomic mass is 10.1. The Morgan fingerprint density at radius 2 is 1.75 bits per heavy atom. The molecule has 1 heterocycles. The molecule has 1 aromatic carbocycles. The minimum Gasteiger partial charge on any atom is -0.369 e. The number of rotatable bonds is 6. The molecule has 0 aromatic heterocycles. The molecular formula is C17H26N4O3. The summed E-state index contributed by atoms with van der Waals surface area (Å²) in [6.07, 6.45) is 0. The summed E-state index contributed by atoms with van der Waals surface area (Å²) in [5.41, 5.74) is 1.09. The standard InChI is InChI=1S/C17H26N4O3/c1-13(2)14(3)18-17(22)12-19-8-10-20(11-9-19)15-4-6-16(7-5-15)21(23)24/h4-7,13-14H,8-12H2,1-3H3,(H,18,22)/t14-/m1/s1. The summed E-state index contributed by atoms with van der Waals surface area (Å²) in [6.45, 7) is 9.86. The number of non-ortho nitro benzene ring substituents is 1. The Balaban J connectivity index is 1.80. The maximum atomic E-state index is 12.0. The Morgan fingerprint density at radius 3 is 2.25 bits per heavy atom. The van der Waals surface area contributed by atoms with Gasteiger partial charge in [0.15, 0.2) is 0 Å². The van der Waals surface area contributed by atoms with Gasteiger partial charge in [-0.3, -0.25) is 19.8 Å². The summed E-state index contributed by atoms with van der Waals surface area (Å²) in [5, 5.41) is 13.7. The van der Waals surface area contributed by atoms with Crippen LogP contribution in [0.15, 0.2) is 24.3 Å². The van der Waals surface area contributed by atoms with Crippen molar-refractivity contribution in [2.24, 2.45) is 5.92 Å². The predicted octanol–water partition coefficient (Wildman–Crippen LogP) is 1.88. The molecule has 0 radical (unpaired) electrons. The molecule has 1 amide bonds.